The second kappa shape index (κ2) is 9.87. The molecule has 0 spiro atoms. The number of amides is 1. The number of rotatable bonds is 5. The van der Waals surface area contributed by atoms with Crippen molar-refractivity contribution >= 4 is 28.3 Å². The Morgan fingerprint density at radius 1 is 1.19 bits per heavy atom. The minimum Gasteiger partial charge on any atom is -0.342 e. The van der Waals surface area contributed by atoms with Crippen LogP contribution in [0.5, 0.6) is 0 Å². The Balaban J connectivity index is 0.00000261. The molecule has 8 heteroatoms. The molecule has 152 valence electrons. The quantitative estimate of drug-likeness (QED) is 0.796. The largest absolute Gasteiger partial charge is 0.342 e. The zero-order valence-electron chi connectivity index (χ0n) is 15.8. The molecule has 2 aliphatic rings. The van der Waals surface area contributed by atoms with Gasteiger partial charge >= 0.3 is 0 Å². The van der Waals surface area contributed by atoms with Crippen molar-refractivity contribution in [1.82, 2.24) is 14.5 Å². The molecule has 1 unspecified atom stereocenters. The number of piperidine rings is 2. The van der Waals surface area contributed by atoms with Crippen LogP contribution in [0.4, 0.5) is 0 Å². The topological polar surface area (TPSA) is 69.7 Å². The van der Waals surface area contributed by atoms with E-state index >= 15 is 0 Å². The summed E-state index contributed by atoms with van der Waals surface area (Å²) in [7, 11) is -1.53. The Morgan fingerprint density at radius 3 is 2.52 bits per heavy atom. The fraction of sp³-hybridized carbons (Fsp3) is 0.632. The van der Waals surface area contributed by atoms with Crippen LogP contribution >= 0.6 is 12.4 Å². The molecule has 3 rings (SSSR count). The van der Waals surface area contributed by atoms with Gasteiger partial charge in [0.1, 0.15) is 0 Å². The van der Waals surface area contributed by atoms with Crippen LogP contribution in [0.3, 0.4) is 0 Å². The lowest BCUT2D eigenvalue weighted by molar-refractivity contribution is -0.138. The number of nitrogens with one attached hydrogen (secondary N) is 1. The van der Waals surface area contributed by atoms with E-state index in [1.165, 1.54) is 4.31 Å². The Kier molecular flexibility index (Phi) is 8.09. The Hall–Kier alpha value is -1.15. The van der Waals surface area contributed by atoms with Crippen molar-refractivity contribution in [2.45, 2.75) is 37.5 Å². The highest BCUT2D eigenvalue weighted by atomic mass is 35.5. The first kappa shape index (κ1) is 22.1. The maximum Gasteiger partial charge on any atom is 0.227 e. The highest BCUT2D eigenvalue weighted by molar-refractivity contribution is 7.88. The van der Waals surface area contributed by atoms with Crippen LogP contribution in [0.15, 0.2) is 30.3 Å². The predicted octanol–water partition coefficient (Wildman–Crippen LogP) is 1.86. The first-order chi connectivity index (χ1) is 12.5. The molecule has 0 saturated carbocycles. The van der Waals surface area contributed by atoms with E-state index in [0.29, 0.717) is 13.1 Å². The Bertz CT molecular complexity index is 708. The standard InChI is InChI=1S/C19H29N3O3S.ClH/c1-21(18-9-11-20-12-10-18)19(23)17-8-5-13-22(14-17)26(24,25)15-16-6-3-2-4-7-16;/h2-4,6-7,17-18,20H,5,8-15H2,1H3;1H. The van der Waals surface area contributed by atoms with Crippen LogP contribution in [0.1, 0.15) is 31.2 Å². The number of hydrogen-bond acceptors (Lipinski definition) is 4. The zero-order valence-corrected chi connectivity index (χ0v) is 17.5. The number of carbonyl (C=O) groups is 1. The highest BCUT2D eigenvalue weighted by Gasteiger charge is 2.35. The maximum absolute atomic E-state index is 12.9. The monoisotopic (exact) mass is 415 g/mol. The minimum absolute atomic E-state index is 0. The summed E-state index contributed by atoms with van der Waals surface area (Å²) in [5, 5.41) is 3.31. The lowest BCUT2D eigenvalue weighted by atomic mass is 9.96. The second-order valence-electron chi connectivity index (χ2n) is 7.37. The van der Waals surface area contributed by atoms with Crippen LogP contribution in [-0.2, 0) is 20.6 Å². The van der Waals surface area contributed by atoms with E-state index in [4.69, 9.17) is 0 Å². The first-order valence-corrected chi connectivity index (χ1v) is 11.1. The van der Waals surface area contributed by atoms with Gasteiger partial charge in [0, 0.05) is 26.2 Å². The number of halogens is 1. The zero-order chi connectivity index (χ0) is 18.6. The van der Waals surface area contributed by atoms with E-state index < -0.39 is 10.0 Å². The molecule has 2 saturated heterocycles. The summed E-state index contributed by atoms with van der Waals surface area (Å²) in [6, 6.07) is 9.50. The molecule has 0 radical (unpaired) electrons. The molecule has 2 aliphatic heterocycles. The summed E-state index contributed by atoms with van der Waals surface area (Å²) in [5.41, 5.74) is 0.785. The fourth-order valence-electron chi connectivity index (χ4n) is 3.93. The number of nitrogens with zero attached hydrogens (tertiary/aromatic N) is 2. The number of hydrogen-bond donors (Lipinski definition) is 1. The number of sulfonamides is 1. The summed E-state index contributed by atoms with van der Waals surface area (Å²) < 4.78 is 27.1. The van der Waals surface area contributed by atoms with E-state index in [9.17, 15) is 13.2 Å². The molecular weight excluding hydrogens is 386 g/mol. The molecule has 0 aromatic heterocycles. The average molecular weight is 416 g/mol. The van der Waals surface area contributed by atoms with Crippen LogP contribution in [-0.4, -0.2) is 62.8 Å². The molecule has 1 amide bonds. The van der Waals surface area contributed by atoms with Gasteiger partial charge in [-0.25, -0.2) is 12.7 Å². The molecule has 1 atom stereocenters. The summed E-state index contributed by atoms with van der Waals surface area (Å²) in [6.07, 6.45) is 3.44. The van der Waals surface area contributed by atoms with Crippen LogP contribution < -0.4 is 5.32 Å². The molecule has 6 nitrogen and oxygen atoms in total. The van der Waals surface area contributed by atoms with E-state index in [1.807, 2.05) is 42.3 Å². The van der Waals surface area contributed by atoms with E-state index in [-0.39, 0.29) is 36.0 Å². The molecule has 1 aromatic carbocycles. The van der Waals surface area contributed by atoms with Gasteiger partial charge < -0.3 is 10.2 Å². The number of benzene rings is 1. The van der Waals surface area contributed by atoms with Crippen molar-refractivity contribution in [3.05, 3.63) is 35.9 Å². The summed E-state index contributed by atoms with van der Waals surface area (Å²) in [5.74, 6) is -0.135. The average Bonchev–Trinajstić information content (AvgIpc) is 2.68. The van der Waals surface area contributed by atoms with Crippen molar-refractivity contribution in [2.24, 2.45) is 5.92 Å². The van der Waals surface area contributed by atoms with E-state index in [1.54, 1.807) is 0 Å². The van der Waals surface area contributed by atoms with Gasteiger partial charge in [-0.1, -0.05) is 30.3 Å². The van der Waals surface area contributed by atoms with Crippen LogP contribution in [0, 0.1) is 5.92 Å². The van der Waals surface area contributed by atoms with Crippen LogP contribution in [0.2, 0.25) is 0 Å². The molecule has 27 heavy (non-hydrogen) atoms. The summed E-state index contributed by atoms with van der Waals surface area (Å²) in [4.78, 5) is 14.8. The molecule has 1 N–H and O–H groups in total. The minimum atomic E-state index is -3.40. The molecule has 1 aromatic rings. The van der Waals surface area contributed by atoms with Gasteiger partial charge in [0.15, 0.2) is 0 Å². The fourth-order valence-corrected chi connectivity index (χ4v) is 5.55. The van der Waals surface area contributed by atoms with Gasteiger partial charge in [-0.15, -0.1) is 12.4 Å². The highest BCUT2D eigenvalue weighted by Crippen LogP contribution is 2.24. The summed E-state index contributed by atoms with van der Waals surface area (Å²) in [6.45, 7) is 2.69. The molecular formula is C19H30ClN3O3S. The van der Waals surface area contributed by atoms with Crippen molar-refractivity contribution < 1.29 is 13.2 Å². The molecule has 0 aliphatic carbocycles. The summed E-state index contributed by atoms with van der Waals surface area (Å²) >= 11 is 0. The van der Waals surface area contributed by atoms with Gasteiger partial charge in [-0.05, 0) is 44.3 Å². The van der Waals surface area contributed by atoms with Crippen molar-refractivity contribution in [3.63, 3.8) is 0 Å². The smallest absolute Gasteiger partial charge is 0.227 e. The first-order valence-electron chi connectivity index (χ1n) is 9.46. The third-order valence-electron chi connectivity index (χ3n) is 5.52. The third kappa shape index (κ3) is 5.67. The van der Waals surface area contributed by atoms with Gasteiger partial charge in [-0.2, -0.15) is 0 Å². The maximum atomic E-state index is 12.9. The molecule has 0 bridgehead atoms. The van der Waals surface area contributed by atoms with Crippen molar-refractivity contribution in [2.75, 3.05) is 33.2 Å². The van der Waals surface area contributed by atoms with E-state index in [2.05, 4.69) is 5.32 Å². The third-order valence-corrected chi connectivity index (χ3v) is 7.34. The Labute approximate surface area is 168 Å². The second-order valence-corrected chi connectivity index (χ2v) is 9.34. The van der Waals surface area contributed by atoms with Crippen LogP contribution in [0.25, 0.3) is 0 Å². The normalized spacial score (nSPS) is 22.0. The van der Waals surface area contributed by atoms with E-state index in [0.717, 1.165) is 44.3 Å². The van der Waals surface area contributed by atoms with Gasteiger partial charge in [0.2, 0.25) is 15.9 Å². The lowest BCUT2D eigenvalue weighted by Gasteiger charge is -2.37. The Morgan fingerprint density at radius 2 is 1.85 bits per heavy atom. The van der Waals surface area contributed by atoms with Gasteiger partial charge in [0.25, 0.3) is 0 Å². The lowest BCUT2D eigenvalue weighted by Crippen LogP contribution is -2.50. The molecule has 2 fully saturated rings. The van der Waals surface area contributed by atoms with Gasteiger partial charge in [0.05, 0.1) is 11.7 Å². The van der Waals surface area contributed by atoms with Crippen molar-refractivity contribution in [3.8, 4) is 0 Å². The van der Waals surface area contributed by atoms with Crippen molar-refractivity contribution in [1.29, 1.82) is 0 Å². The SMILES string of the molecule is CN(C(=O)C1CCCN(S(=O)(=O)Cc2ccccc2)C1)C1CCNCC1.Cl. The number of carbonyl (C=O) groups excluding carboxylic acids is 1. The predicted molar refractivity (Wildman–Crippen MR) is 109 cm³/mol. The molecule has 2 heterocycles. The van der Waals surface area contributed by atoms with Gasteiger partial charge in [-0.3, -0.25) is 4.79 Å².